The summed E-state index contributed by atoms with van der Waals surface area (Å²) in [6.07, 6.45) is 2.75. The monoisotopic (exact) mass is 458 g/mol. The minimum absolute atomic E-state index is 0.00592. The second-order valence-corrected chi connectivity index (χ2v) is 8.56. The van der Waals surface area contributed by atoms with Crippen molar-refractivity contribution in [3.05, 3.63) is 40.8 Å². The number of thiophene rings is 1. The van der Waals surface area contributed by atoms with E-state index in [1.54, 1.807) is 17.9 Å². The first-order chi connectivity index (χ1) is 15.4. The number of aryl methyl sites for hydroxylation is 1. The molecule has 0 saturated carbocycles. The zero-order valence-electron chi connectivity index (χ0n) is 18.0. The number of ether oxygens (including phenoxy) is 2. The van der Waals surface area contributed by atoms with Gasteiger partial charge in [0.05, 0.1) is 24.7 Å². The Morgan fingerprint density at radius 2 is 2.12 bits per heavy atom. The summed E-state index contributed by atoms with van der Waals surface area (Å²) < 4.78 is 25.0. The smallest absolute Gasteiger partial charge is 0.348 e. The Morgan fingerprint density at radius 3 is 2.88 bits per heavy atom. The maximum absolute atomic E-state index is 14.0. The Bertz CT molecular complexity index is 1180. The van der Waals surface area contributed by atoms with Crippen molar-refractivity contribution in [1.82, 2.24) is 14.9 Å². The number of piperidine rings is 1. The number of anilines is 2. The van der Waals surface area contributed by atoms with Gasteiger partial charge in [0.25, 0.3) is 0 Å². The van der Waals surface area contributed by atoms with Crippen molar-refractivity contribution < 1.29 is 23.5 Å². The third kappa shape index (κ3) is 4.36. The fourth-order valence-electron chi connectivity index (χ4n) is 3.78. The van der Waals surface area contributed by atoms with Crippen molar-refractivity contribution in [2.45, 2.75) is 32.8 Å². The van der Waals surface area contributed by atoms with Crippen LogP contribution in [0.5, 0.6) is 5.75 Å². The van der Waals surface area contributed by atoms with Crippen LogP contribution in [0.1, 0.15) is 35.0 Å². The number of aromatic nitrogens is 2. The summed E-state index contributed by atoms with van der Waals surface area (Å²) in [7, 11) is 1.33. The van der Waals surface area contributed by atoms with Crippen molar-refractivity contribution in [2.24, 2.45) is 0 Å². The van der Waals surface area contributed by atoms with E-state index in [4.69, 9.17) is 9.47 Å². The quantitative estimate of drug-likeness (QED) is 0.576. The fraction of sp³-hybridized carbons (Fsp3) is 0.364. The highest BCUT2D eigenvalue weighted by molar-refractivity contribution is 7.20. The van der Waals surface area contributed by atoms with Crippen LogP contribution in [0, 0.1) is 12.7 Å². The molecule has 2 aromatic heterocycles. The number of rotatable bonds is 5. The average molecular weight is 459 g/mol. The molecule has 1 atom stereocenters. The number of methoxy groups -OCH3 is 1. The molecule has 0 bridgehead atoms. The number of carbonyl (C=O) groups excluding carboxylic acids is 2. The lowest BCUT2D eigenvalue weighted by Crippen LogP contribution is -2.43. The Labute approximate surface area is 188 Å². The maximum Gasteiger partial charge on any atom is 0.348 e. The van der Waals surface area contributed by atoms with Gasteiger partial charge < -0.3 is 19.7 Å². The van der Waals surface area contributed by atoms with Crippen LogP contribution in [0.25, 0.3) is 10.2 Å². The van der Waals surface area contributed by atoms with Gasteiger partial charge in [-0.15, -0.1) is 11.3 Å². The number of nitrogens with zero attached hydrogens (tertiary/aromatic N) is 3. The standard InChI is InChI=1S/C22H23FN4O4S/c1-12-18-20(24-11-25-21(18)32-19(12)22(29)30-3)26-16-7-6-14(23)9-17(16)31-15-5-4-8-27(10-15)13(2)28/h6-7,9,11,15H,4-5,8,10H2,1-3H3,(H,24,25,26)/t15-/m1/s1. The third-order valence-electron chi connectivity index (χ3n) is 5.41. The molecule has 168 valence electrons. The number of halogens is 1. The van der Waals surface area contributed by atoms with E-state index in [0.29, 0.717) is 51.0 Å². The van der Waals surface area contributed by atoms with Gasteiger partial charge in [0, 0.05) is 19.5 Å². The summed E-state index contributed by atoms with van der Waals surface area (Å²) in [6.45, 7) is 4.49. The van der Waals surface area contributed by atoms with Gasteiger partial charge in [0.15, 0.2) is 0 Å². The molecule has 32 heavy (non-hydrogen) atoms. The van der Waals surface area contributed by atoms with Crippen molar-refractivity contribution in [2.75, 3.05) is 25.5 Å². The van der Waals surface area contributed by atoms with Gasteiger partial charge in [-0.25, -0.2) is 19.2 Å². The summed E-state index contributed by atoms with van der Waals surface area (Å²) in [5.74, 6) is -0.0712. The summed E-state index contributed by atoms with van der Waals surface area (Å²) in [5.41, 5.74) is 1.23. The third-order valence-corrected chi connectivity index (χ3v) is 6.59. The highest BCUT2D eigenvalue weighted by Gasteiger charge is 2.25. The molecule has 1 saturated heterocycles. The van der Waals surface area contributed by atoms with Crippen molar-refractivity contribution in [3.63, 3.8) is 0 Å². The summed E-state index contributed by atoms with van der Waals surface area (Å²) in [6, 6.07) is 4.22. The van der Waals surface area contributed by atoms with Gasteiger partial charge in [-0.3, -0.25) is 4.79 Å². The molecule has 3 aromatic rings. The van der Waals surface area contributed by atoms with E-state index < -0.39 is 11.8 Å². The number of nitrogens with one attached hydrogen (secondary N) is 1. The Kier molecular flexibility index (Phi) is 6.22. The first-order valence-corrected chi connectivity index (χ1v) is 11.0. The summed E-state index contributed by atoms with van der Waals surface area (Å²) in [5, 5.41) is 3.90. The highest BCUT2D eigenvalue weighted by atomic mass is 32.1. The molecule has 1 N–H and O–H groups in total. The van der Waals surface area contributed by atoms with E-state index in [9.17, 15) is 14.0 Å². The molecule has 0 unspecified atom stereocenters. The normalized spacial score (nSPS) is 16.1. The maximum atomic E-state index is 14.0. The number of fused-ring (bicyclic) bond motifs is 1. The van der Waals surface area contributed by atoms with Crippen LogP contribution in [0.3, 0.4) is 0 Å². The van der Waals surface area contributed by atoms with Gasteiger partial charge in [-0.1, -0.05) is 0 Å². The number of amides is 1. The molecular formula is C22H23FN4O4S. The van der Waals surface area contributed by atoms with Crippen molar-refractivity contribution in [1.29, 1.82) is 0 Å². The number of hydrogen-bond donors (Lipinski definition) is 1. The van der Waals surface area contributed by atoms with Crippen LogP contribution >= 0.6 is 11.3 Å². The highest BCUT2D eigenvalue weighted by Crippen LogP contribution is 2.37. The van der Waals surface area contributed by atoms with Crippen LogP contribution in [0.2, 0.25) is 0 Å². The van der Waals surface area contributed by atoms with Gasteiger partial charge in [0.1, 0.15) is 39.5 Å². The number of benzene rings is 1. The van der Waals surface area contributed by atoms with E-state index in [1.807, 2.05) is 0 Å². The SMILES string of the molecule is COC(=O)c1sc2ncnc(Nc3ccc(F)cc3O[C@@H]3CCCN(C(C)=O)C3)c2c1C. The van der Waals surface area contributed by atoms with Gasteiger partial charge in [-0.2, -0.15) is 0 Å². The van der Waals surface area contributed by atoms with Crippen LogP contribution < -0.4 is 10.1 Å². The number of likely N-dealkylation sites (tertiary alicyclic amines) is 1. The summed E-state index contributed by atoms with van der Waals surface area (Å²) in [4.78, 5) is 35.3. The predicted molar refractivity (Wildman–Crippen MR) is 119 cm³/mol. The number of esters is 1. The minimum atomic E-state index is -0.436. The number of carbonyl (C=O) groups is 2. The molecule has 1 aromatic carbocycles. The Hall–Kier alpha value is -3.27. The Morgan fingerprint density at radius 1 is 1.31 bits per heavy atom. The van der Waals surface area contributed by atoms with Gasteiger partial charge >= 0.3 is 5.97 Å². The van der Waals surface area contributed by atoms with Gasteiger partial charge in [0.2, 0.25) is 5.91 Å². The first-order valence-electron chi connectivity index (χ1n) is 10.2. The molecule has 10 heteroatoms. The second kappa shape index (κ2) is 9.07. The van der Waals surface area contributed by atoms with E-state index in [-0.39, 0.29) is 12.0 Å². The zero-order valence-corrected chi connectivity index (χ0v) is 18.8. The average Bonchev–Trinajstić information content (AvgIpc) is 3.12. The molecule has 1 amide bonds. The van der Waals surface area contributed by atoms with E-state index in [1.165, 1.54) is 43.8 Å². The fourth-order valence-corrected chi connectivity index (χ4v) is 4.85. The van der Waals surface area contributed by atoms with Crippen molar-refractivity contribution in [3.8, 4) is 5.75 Å². The van der Waals surface area contributed by atoms with E-state index in [2.05, 4.69) is 15.3 Å². The van der Waals surface area contributed by atoms with E-state index >= 15 is 0 Å². The van der Waals surface area contributed by atoms with E-state index in [0.717, 1.165) is 12.8 Å². The molecule has 1 aliphatic rings. The molecular weight excluding hydrogens is 435 g/mol. The predicted octanol–water partition coefficient (Wildman–Crippen LogP) is 4.06. The zero-order chi connectivity index (χ0) is 22.8. The minimum Gasteiger partial charge on any atom is -0.486 e. The first kappa shape index (κ1) is 21.9. The Balaban J connectivity index is 1.66. The lowest BCUT2D eigenvalue weighted by Gasteiger charge is -2.32. The molecule has 8 nitrogen and oxygen atoms in total. The molecule has 0 radical (unpaired) electrons. The number of hydrogen-bond acceptors (Lipinski definition) is 8. The molecule has 4 rings (SSSR count). The molecule has 1 fully saturated rings. The van der Waals surface area contributed by atoms with Crippen LogP contribution in [-0.4, -0.2) is 53.0 Å². The molecule has 0 aliphatic carbocycles. The van der Waals surface area contributed by atoms with Crippen LogP contribution in [-0.2, 0) is 9.53 Å². The van der Waals surface area contributed by atoms with Crippen LogP contribution in [0.4, 0.5) is 15.9 Å². The lowest BCUT2D eigenvalue weighted by atomic mass is 10.1. The molecule has 0 spiro atoms. The largest absolute Gasteiger partial charge is 0.486 e. The molecule has 3 heterocycles. The lowest BCUT2D eigenvalue weighted by molar-refractivity contribution is -0.131. The second-order valence-electron chi connectivity index (χ2n) is 7.56. The summed E-state index contributed by atoms with van der Waals surface area (Å²) >= 11 is 1.22. The van der Waals surface area contributed by atoms with Gasteiger partial charge in [-0.05, 0) is 37.5 Å². The van der Waals surface area contributed by atoms with Crippen molar-refractivity contribution >= 4 is 44.9 Å². The topological polar surface area (TPSA) is 93.7 Å². The molecule has 1 aliphatic heterocycles. The van der Waals surface area contributed by atoms with Crippen LogP contribution in [0.15, 0.2) is 24.5 Å².